The number of carbonyl (C=O) groups is 1. The van der Waals surface area contributed by atoms with Gasteiger partial charge in [0.25, 0.3) is 0 Å². The predicted octanol–water partition coefficient (Wildman–Crippen LogP) is 1.53. The lowest BCUT2D eigenvalue weighted by atomic mass is 9.77. The van der Waals surface area contributed by atoms with E-state index >= 15 is 0 Å². The summed E-state index contributed by atoms with van der Waals surface area (Å²) in [5, 5.41) is 0. The molecule has 106 valence electrons. The van der Waals surface area contributed by atoms with Gasteiger partial charge in [-0.3, -0.25) is 4.79 Å². The minimum atomic E-state index is -3.03. The van der Waals surface area contributed by atoms with E-state index in [2.05, 4.69) is 6.92 Å². The molecular weight excluding hydrogens is 250 g/mol. The van der Waals surface area contributed by atoms with E-state index in [9.17, 15) is 13.2 Å². The number of hydrogen-bond acceptors (Lipinski definition) is 4. The highest BCUT2D eigenvalue weighted by molar-refractivity contribution is 7.90. The molecule has 0 heterocycles. The van der Waals surface area contributed by atoms with Crippen LogP contribution in [0.15, 0.2) is 0 Å². The van der Waals surface area contributed by atoms with Gasteiger partial charge in [0.15, 0.2) is 5.78 Å². The van der Waals surface area contributed by atoms with E-state index in [-0.39, 0.29) is 23.9 Å². The Morgan fingerprint density at radius 1 is 1.39 bits per heavy atom. The summed E-state index contributed by atoms with van der Waals surface area (Å²) in [4.78, 5) is 12.2. The summed E-state index contributed by atoms with van der Waals surface area (Å²) in [5.41, 5.74) is 5.83. The summed E-state index contributed by atoms with van der Waals surface area (Å²) in [6.07, 6.45) is 6.70. The maximum absolute atomic E-state index is 12.2. The van der Waals surface area contributed by atoms with Gasteiger partial charge in [-0.15, -0.1) is 0 Å². The van der Waals surface area contributed by atoms with Gasteiger partial charge in [-0.2, -0.15) is 0 Å². The molecule has 3 atom stereocenters. The molecule has 18 heavy (non-hydrogen) atoms. The second kappa shape index (κ2) is 6.66. The molecule has 0 aromatic rings. The number of hydrogen-bond donors (Lipinski definition) is 1. The molecule has 0 aromatic carbocycles. The number of carbonyl (C=O) groups excluding carboxylic acids is 1. The van der Waals surface area contributed by atoms with E-state index in [4.69, 9.17) is 5.73 Å². The van der Waals surface area contributed by atoms with Crippen molar-refractivity contribution in [3.63, 3.8) is 0 Å². The lowest BCUT2D eigenvalue weighted by Crippen LogP contribution is -2.38. The van der Waals surface area contributed by atoms with Crippen molar-refractivity contribution in [1.82, 2.24) is 0 Å². The first kappa shape index (κ1) is 15.6. The Balaban J connectivity index is 2.47. The van der Waals surface area contributed by atoms with Crippen LogP contribution in [-0.2, 0) is 14.6 Å². The monoisotopic (exact) mass is 275 g/mol. The Morgan fingerprint density at radius 2 is 2.06 bits per heavy atom. The number of rotatable bonds is 6. The zero-order chi connectivity index (χ0) is 13.8. The Kier molecular flexibility index (Phi) is 5.79. The summed E-state index contributed by atoms with van der Waals surface area (Å²) in [6.45, 7) is 2.15. The van der Waals surface area contributed by atoms with Gasteiger partial charge in [0, 0.05) is 12.2 Å². The van der Waals surface area contributed by atoms with E-state index in [1.807, 2.05) is 0 Å². The molecule has 5 heteroatoms. The van der Waals surface area contributed by atoms with E-state index in [0.717, 1.165) is 25.7 Å². The molecular formula is C13H25NO3S. The van der Waals surface area contributed by atoms with Gasteiger partial charge in [-0.1, -0.05) is 26.2 Å². The van der Waals surface area contributed by atoms with Crippen molar-refractivity contribution in [3.05, 3.63) is 0 Å². The smallest absolute Gasteiger partial charge is 0.152 e. The van der Waals surface area contributed by atoms with Crippen molar-refractivity contribution in [3.8, 4) is 0 Å². The van der Waals surface area contributed by atoms with Crippen LogP contribution in [0.3, 0.4) is 0 Å². The first-order valence-electron chi connectivity index (χ1n) is 6.80. The minimum absolute atomic E-state index is 0.00380. The summed E-state index contributed by atoms with van der Waals surface area (Å²) in [6, 6.07) is -0.611. The van der Waals surface area contributed by atoms with Crippen molar-refractivity contribution >= 4 is 15.6 Å². The second-order valence-corrected chi connectivity index (χ2v) is 7.82. The van der Waals surface area contributed by atoms with Crippen LogP contribution < -0.4 is 5.73 Å². The third kappa shape index (κ3) is 5.06. The van der Waals surface area contributed by atoms with Crippen LogP contribution in [0, 0.1) is 11.8 Å². The first-order valence-corrected chi connectivity index (χ1v) is 8.86. The molecule has 4 nitrogen and oxygen atoms in total. The fourth-order valence-electron chi connectivity index (χ4n) is 2.71. The van der Waals surface area contributed by atoms with Crippen LogP contribution >= 0.6 is 0 Å². The minimum Gasteiger partial charge on any atom is -0.321 e. The molecule has 0 aromatic heterocycles. The van der Waals surface area contributed by atoms with E-state index in [0.29, 0.717) is 5.92 Å². The molecule has 3 unspecified atom stereocenters. The highest BCUT2D eigenvalue weighted by atomic mass is 32.2. The van der Waals surface area contributed by atoms with Crippen molar-refractivity contribution in [2.75, 3.05) is 12.0 Å². The zero-order valence-electron chi connectivity index (χ0n) is 11.4. The Hall–Kier alpha value is -0.420. The predicted molar refractivity (Wildman–Crippen MR) is 73.0 cm³/mol. The maximum Gasteiger partial charge on any atom is 0.152 e. The van der Waals surface area contributed by atoms with Crippen molar-refractivity contribution < 1.29 is 13.2 Å². The Morgan fingerprint density at radius 3 is 2.61 bits per heavy atom. The van der Waals surface area contributed by atoms with Gasteiger partial charge in [0.05, 0.1) is 11.8 Å². The summed E-state index contributed by atoms with van der Waals surface area (Å²) in [7, 11) is -3.03. The molecule has 0 saturated heterocycles. The topological polar surface area (TPSA) is 77.2 Å². The molecule has 0 bridgehead atoms. The van der Waals surface area contributed by atoms with Crippen molar-refractivity contribution in [1.29, 1.82) is 0 Å². The molecule has 2 N–H and O–H groups in total. The van der Waals surface area contributed by atoms with E-state index in [1.165, 1.54) is 12.7 Å². The molecule has 1 fully saturated rings. The molecule has 0 spiro atoms. The maximum atomic E-state index is 12.2. The van der Waals surface area contributed by atoms with Crippen LogP contribution in [0.25, 0.3) is 0 Å². The van der Waals surface area contributed by atoms with Crippen molar-refractivity contribution in [2.45, 2.75) is 51.5 Å². The zero-order valence-corrected chi connectivity index (χ0v) is 12.2. The summed E-state index contributed by atoms with van der Waals surface area (Å²) < 4.78 is 22.1. The van der Waals surface area contributed by atoms with Gasteiger partial charge in [-0.25, -0.2) is 8.42 Å². The van der Waals surface area contributed by atoms with Gasteiger partial charge in [0.1, 0.15) is 9.84 Å². The molecule has 1 aliphatic rings. The SMILES string of the molecule is CCC1CCCC(C(=O)C(N)CCS(C)(=O)=O)C1. The van der Waals surface area contributed by atoms with Crippen LogP contribution in [0.5, 0.6) is 0 Å². The van der Waals surface area contributed by atoms with Crippen molar-refractivity contribution in [2.24, 2.45) is 17.6 Å². The second-order valence-electron chi connectivity index (χ2n) is 5.57. The fourth-order valence-corrected chi connectivity index (χ4v) is 3.39. The van der Waals surface area contributed by atoms with Crippen LogP contribution in [0.4, 0.5) is 0 Å². The Bertz CT molecular complexity index is 378. The highest BCUT2D eigenvalue weighted by Gasteiger charge is 2.29. The third-order valence-electron chi connectivity index (χ3n) is 3.93. The molecule has 0 amide bonds. The molecule has 0 radical (unpaired) electrons. The average Bonchev–Trinajstić information content (AvgIpc) is 2.34. The molecule has 1 aliphatic carbocycles. The molecule has 0 aliphatic heterocycles. The number of ketones is 1. The average molecular weight is 275 g/mol. The standard InChI is InChI=1S/C13H25NO3S/c1-3-10-5-4-6-11(9-10)13(15)12(14)7-8-18(2,16)17/h10-12H,3-9,14H2,1-2H3. The summed E-state index contributed by atoms with van der Waals surface area (Å²) >= 11 is 0. The van der Waals surface area contributed by atoms with E-state index < -0.39 is 15.9 Å². The molecule has 1 saturated carbocycles. The molecule has 1 rings (SSSR count). The van der Waals surface area contributed by atoms with Gasteiger partial charge in [0.2, 0.25) is 0 Å². The van der Waals surface area contributed by atoms with Gasteiger partial charge < -0.3 is 5.73 Å². The lowest BCUT2D eigenvalue weighted by molar-refractivity contribution is -0.125. The van der Waals surface area contributed by atoms with Gasteiger partial charge >= 0.3 is 0 Å². The Labute approximate surface area is 110 Å². The highest BCUT2D eigenvalue weighted by Crippen LogP contribution is 2.32. The third-order valence-corrected chi connectivity index (χ3v) is 4.90. The van der Waals surface area contributed by atoms with Gasteiger partial charge in [-0.05, 0) is 25.2 Å². The number of Topliss-reactive ketones (excluding diaryl/α,β-unsaturated/α-hetero) is 1. The largest absolute Gasteiger partial charge is 0.321 e. The quantitative estimate of drug-likeness (QED) is 0.797. The van der Waals surface area contributed by atoms with Crippen LogP contribution in [0.1, 0.15) is 45.4 Å². The first-order chi connectivity index (χ1) is 8.33. The number of nitrogens with two attached hydrogens (primary N) is 1. The van der Waals surface area contributed by atoms with Crippen LogP contribution in [0.2, 0.25) is 0 Å². The lowest BCUT2D eigenvalue weighted by Gasteiger charge is -2.29. The number of sulfone groups is 1. The van der Waals surface area contributed by atoms with E-state index in [1.54, 1.807) is 0 Å². The fraction of sp³-hybridized carbons (Fsp3) is 0.923. The normalized spacial score (nSPS) is 26.8. The van der Waals surface area contributed by atoms with Crippen LogP contribution in [-0.4, -0.2) is 32.3 Å². The summed E-state index contributed by atoms with van der Waals surface area (Å²) in [5.74, 6) is 0.758.